The van der Waals surface area contributed by atoms with E-state index in [2.05, 4.69) is 21.8 Å². The van der Waals surface area contributed by atoms with E-state index in [-0.39, 0.29) is 17.9 Å². The predicted molar refractivity (Wildman–Crippen MR) is 93.1 cm³/mol. The molecule has 0 saturated carbocycles. The molecule has 0 aliphatic carbocycles. The Balaban J connectivity index is 1.61. The van der Waals surface area contributed by atoms with Crippen LogP contribution in [0.2, 0.25) is 0 Å². The Morgan fingerprint density at radius 3 is 2.50 bits per heavy atom. The Morgan fingerprint density at radius 2 is 1.88 bits per heavy atom. The zero-order valence-electron chi connectivity index (χ0n) is 15.0. The molecule has 2 saturated heterocycles. The monoisotopic (exact) mass is 332 g/mol. The Kier molecular flexibility index (Phi) is 5.33. The summed E-state index contributed by atoms with van der Waals surface area (Å²) in [7, 11) is 0. The molecule has 6 nitrogen and oxygen atoms in total. The molecule has 2 aliphatic heterocycles. The first kappa shape index (κ1) is 17.1. The SMILES string of the molecule is CC[C@@H]1OCCC[C@H]1C(=O)N1CCN(c2nc(C)cc(C)n2)CC1. The van der Waals surface area contributed by atoms with Crippen LogP contribution in [0.4, 0.5) is 5.95 Å². The number of carbonyl (C=O) groups excluding carboxylic acids is 1. The number of carbonyl (C=O) groups is 1. The summed E-state index contributed by atoms with van der Waals surface area (Å²) in [5.41, 5.74) is 1.97. The van der Waals surface area contributed by atoms with Gasteiger partial charge in [0.15, 0.2) is 0 Å². The number of nitrogens with zero attached hydrogens (tertiary/aromatic N) is 4. The summed E-state index contributed by atoms with van der Waals surface area (Å²) in [6.07, 6.45) is 2.94. The lowest BCUT2D eigenvalue weighted by Crippen LogP contribution is -2.53. The van der Waals surface area contributed by atoms with Gasteiger partial charge >= 0.3 is 0 Å². The average Bonchev–Trinajstić information content (AvgIpc) is 2.60. The largest absolute Gasteiger partial charge is 0.377 e. The molecule has 2 aliphatic rings. The van der Waals surface area contributed by atoms with E-state index in [1.54, 1.807) is 0 Å². The quantitative estimate of drug-likeness (QED) is 0.847. The normalized spacial score (nSPS) is 25.0. The van der Waals surface area contributed by atoms with Gasteiger partial charge in [-0.2, -0.15) is 0 Å². The summed E-state index contributed by atoms with van der Waals surface area (Å²) in [4.78, 5) is 26.1. The Bertz CT molecular complexity index is 564. The van der Waals surface area contributed by atoms with Crippen LogP contribution in [0.15, 0.2) is 6.07 Å². The summed E-state index contributed by atoms with van der Waals surface area (Å²) in [5, 5.41) is 0. The zero-order valence-corrected chi connectivity index (χ0v) is 15.0. The topological polar surface area (TPSA) is 58.6 Å². The van der Waals surface area contributed by atoms with Crippen LogP contribution in [0.25, 0.3) is 0 Å². The van der Waals surface area contributed by atoms with Gasteiger partial charge in [0.2, 0.25) is 11.9 Å². The second-order valence-corrected chi connectivity index (χ2v) is 6.83. The lowest BCUT2D eigenvalue weighted by molar-refractivity contribution is -0.145. The number of amides is 1. The van der Waals surface area contributed by atoms with Crippen molar-refractivity contribution in [3.05, 3.63) is 17.5 Å². The van der Waals surface area contributed by atoms with Crippen molar-refractivity contribution in [3.8, 4) is 0 Å². The standard InChI is InChI=1S/C18H28N4O2/c1-4-16-15(6-5-11-24-16)17(23)21-7-9-22(10-8-21)18-19-13(2)12-14(3)20-18/h12,15-16H,4-11H2,1-3H3/t15-,16+/m1/s1. The van der Waals surface area contributed by atoms with E-state index in [9.17, 15) is 4.79 Å². The molecule has 1 amide bonds. The lowest BCUT2D eigenvalue weighted by atomic mass is 9.91. The van der Waals surface area contributed by atoms with Gasteiger partial charge in [0.1, 0.15) is 0 Å². The van der Waals surface area contributed by atoms with Crippen LogP contribution in [-0.4, -0.2) is 59.7 Å². The van der Waals surface area contributed by atoms with Crippen molar-refractivity contribution < 1.29 is 9.53 Å². The van der Waals surface area contributed by atoms with Crippen LogP contribution in [0, 0.1) is 19.8 Å². The van der Waals surface area contributed by atoms with E-state index in [1.807, 2.05) is 24.8 Å². The minimum atomic E-state index is 0.0350. The van der Waals surface area contributed by atoms with Gasteiger partial charge in [0.05, 0.1) is 12.0 Å². The summed E-state index contributed by atoms with van der Waals surface area (Å²) in [6, 6.07) is 1.98. The first-order valence-electron chi connectivity index (χ1n) is 9.06. The molecule has 3 heterocycles. The van der Waals surface area contributed by atoms with Crippen LogP contribution in [0.3, 0.4) is 0 Å². The molecular formula is C18H28N4O2. The van der Waals surface area contributed by atoms with Crippen LogP contribution in [-0.2, 0) is 9.53 Å². The van der Waals surface area contributed by atoms with Crippen LogP contribution >= 0.6 is 0 Å². The van der Waals surface area contributed by atoms with Crippen LogP contribution < -0.4 is 4.90 Å². The Labute approximate surface area is 144 Å². The van der Waals surface area contributed by atoms with E-state index in [0.29, 0.717) is 0 Å². The fourth-order valence-electron chi connectivity index (χ4n) is 3.73. The van der Waals surface area contributed by atoms with Gasteiger partial charge in [0, 0.05) is 44.2 Å². The number of hydrogen-bond acceptors (Lipinski definition) is 5. The van der Waals surface area contributed by atoms with Gasteiger partial charge in [-0.1, -0.05) is 6.92 Å². The highest BCUT2D eigenvalue weighted by Crippen LogP contribution is 2.26. The number of aromatic nitrogens is 2. The molecule has 24 heavy (non-hydrogen) atoms. The Hall–Kier alpha value is -1.69. The molecule has 0 aromatic carbocycles. The third-order valence-corrected chi connectivity index (χ3v) is 5.00. The van der Waals surface area contributed by atoms with Gasteiger partial charge in [-0.05, 0) is 39.2 Å². The van der Waals surface area contributed by atoms with Crippen molar-refractivity contribution in [2.24, 2.45) is 5.92 Å². The molecule has 6 heteroatoms. The van der Waals surface area contributed by atoms with Gasteiger partial charge in [-0.15, -0.1) is 0 Å². The van der Waals surface area contributed by atoms with Gasteiger partial charge < -0.3 is 14.5 Å². The fourth-order valence-corrected chi connectivity index (χ4v) is 3.73. The number of anilines is 1. The molecular weight excluding hydrogens is 304 g/mol. The highest BCUT2D eigenvalue weighted by molar-refractivity contribution is 5.79. The van der Waals surface area contributed by atoms with Gasteiger partial charge in [-0.3, -0.25) is 4.79 Å². The number of ether oxygens (including phenoxy) is 1. The molecule has 1 aromatic heterocycles. The summed E-state index contributed by atoms with van der Waals surface area (Å²) in [6.45, 7) is 9.94. The van der Waals surface area contributed by atoms with Crippen molar-refractivity contribution >= 4 is 11.9 Å². The maximum Gasteiger partial charge on any atom is 0.228 e. The van der Waals surface area contributed by atoms with E-state index in [1.165, 1.54) is 0 Å². The summed E-state index contributed by atoms with van der Waals surface area (Å²) >= 11 is 0. The van der Waals surface area contributed by atoms with Gasteiger partial charge in [0.25, 0.3) is 0 Å². The highest BCUT2D eigenvalue weighted by Gasteiger charge is 2.35. The molecule has 2 atom stereocenters. The molecule has 1 aromatic rings. The van der Waals surface area contributed by atoms with E-state index < -0.39 is 0 Å². The van der Waals surface area contributed by atoms with Gasteiger partial charge in [-0.25, -0.2) is 9.97 Å². The van der Waals surface area contributed by atoms with E-state index in [0.717, 1.165) is 69.4 Å². The lowest BCUT2D eigenvalue weighted by Gasteiger charge is -2.39. The molecule has 0 unspecified atom stereocenters. The van der Waals surface area contributed by atoms with Crippen molar-refractivity contribution in [1.82, 2.24) is 14.9 Å². The third kappa shape index (κ3) is 3.69. The molecule has 0 radical (unpaired) electrons. The van der Waals surface area contributed by atoms with Crippen molar-refractivity contribution in [1.29, 1.82) is 0 Å². The predicted octanol–water partition coefficient (Wildman–Crippen LogP) is 1.95. The number of piperazine rings is 1. The van der Waals surface area contributed by atoms with Crippen LogP contribution in [0.1, 0.15) is 37.6 Å². The van der Waals surface area contributed by atoms with Crippen molar-refractivity contribution in [2.75, 3.05) is 37.7 Å². The first-order valence-corrected chi connectivity index (χ1v) is 9.06. The fraction of sp³-hybridized carbons (Fsp3) is 0.722. The maximum atomic E-state index is 12.9. The molecule has 0 N–H and O–H groups in total. The molecule has 2 fully saturated rings. The Morgan fingerprint density at radius 1 is 1.21 bits per heavy atom. The third-order valence-electron chi connectivity index (χ3n) is 5.00. The van der Waals surface area contributed by atoms with E-state index in [4.69, 9.17) is 4.74 Å². The molecule has 3 rings (SSSR count). The van der Waals surface area contributed by atoms with E-state index >= 15 is 0 Å². The second kappa shape index (κ2) is 7.47. The smallest absolute Gasteiger partial charge is 0.228 e. The summed E-state index contributed by atoms with van der Waals surface area (Å²) in [5.74, 6) is 1.09. The van der Waals surface area contributed by atoms with Crippen molar-refractivity contribution in [3.63, 3.8) is 0 Å². The average molecular weight is 332 g/mol. The summed E-state index contributed by atoms with van der Waals surface area (Å²) < 4.78 is 5.79. The highest BCUT2D eigenvalue weighted by atomic mass is 16.5. The first-order chi connectivity index (χ1) is 11.6. The molecule has 0 spiro atoms. The zero-order chi connectivity index (χ0) is 17.1. The minimum absolute atomic E-state index is 0.0350. The number of rotatable bonds is 3. The van der Waals surface area contributed by atoms with Crippen LogP contribution in [0.5, 0.6) is 0 Å². The number of hydrogen-bond donors (Lipinski definition) is 0. The van der Waals surface area contributed by atoms with Crippen molar-refractivity contribution in [2.45, 2.75) is 46.1 Å². The maximum absolute atomic E-state index is 12.9. The molecule has 0 bridgehead atoms. The second-order valence-electron chi connectivity index (χ2n) is 6.83. The number of aryl methyl sites for hydroxylation is 2. The molecule has 132 valence electrons. The minimum Gasteiger partial charge on any atom is -0.377 e.